The van der Waals surface area contributed by atoms with Crippen molar-refractivity contribution >= 4 is 40.7 Å². The highest BCUT2D eigenvalue weighted by Gasteiger charge is 2.25. The van der Waals surface area contributed by atoms with Gasteiger partial charge in [0.2, 0.25) is 0 Å². The van der Waals surface area contributed by atoms with Gasteiger partial charge in [-0.15, -0.1) is 0 Å². The third-order valence-electron chi connectivity index (χ3n) is 5.81. The highest BCUT2D eigenvalue weighted by Crippen LogP contribution is 2.26. The molecule has 4 rings (SSSR count). The molecule has 33 heavy (non-hydrogen) atoms. The first kappa shape index (κ1) is 23.2. The maximum absolute atomic E-state index is 13.1. The van der Waals surface area contributed by atoms with Crippen LogP contribution in [0, 0.1) is 0 Å². The highest BCUT2D eigenvalue weighted by molar-refractivity contribution is 6.42. The number of amides is 2. The molecule has 0 unspecified atom stereocenters. The predicted octanol–water partition coefficient (Wildman–Crippen LogP) is 5.26. The Balaban J connectivity index is 1.38. The molecular formula is C25H25Cl2N3O3. The lowest BCUT2D eigenvalue weighted by Gasteiger charge is -2.35. The molecule has 2 aromatic carbocycles. The number of hydrogen-bond acceptors (Lipinski definition) is 4. The summed E-state index contributed by atoms with van der Waals surface area (Å²) in [6, 6.07) is 16.2. The molecule has 8 heteroatoms. The van der Waals surface area contributed by atoms with E-state index in [0.29, 0.717) is 27.7 Å². The lowest BCUT2D eigenvalue weighted by Crippen LogP contribution is -2.45. The zero-order valence-electron chi connectivity index (χ0n) is 18.3. The van der Waals surface area contributed by atoms with E-state index in [0.717, 1.165) is 37.4 Å². The smallest absolute Gasteiger partial charge is 0.256 e. The van der Waals surface area contributed by atoms with Gasteiger partial charge >= 0.3 is 0 Å². The molecule has 0 radical (unpaired) electrons. The van der Waals surface area contributed by atoms with Crippen LogP contribution in [0.25, 0.3) is 0 Å². The topological polar surface area (TPSA) is 65.8 Å². The van der Waals surface area contributed by atoms with Crippen molar-refractivity contribution in [2.45, 2.75) is 25.4 Å². The maximum Gasteiger partial charge on any atom is 0.256 e. The van der Waals surface area contributed by atoms with E-state index >= 15 is 0 Å². The fourth-order valence-electron chi connectivity index (χ4n) is 4.01. The SMILES string of the molecule is CN(Cc1ccco1)C(=O)c1ccccc1N1CCC(NC(=O)c2ccc(Cl)c(Cl)c2)CC1. The van der Waals surface area contributed by atoms with Crippen LogP contribution in [0.15, 0.2) is 65.3 Å². The van der Waals surface area contributed by atoms with Gasteiger partial charge < -0.3 is 19.5 Å². The minimum Gasteiger partial charge on any atom is -0.467 e. The van der Waals surface area contributed by atoms with Gasteiger partial charge in [0.25, 0.3) is 11.8 Å². The van der Waals surface area contributed by atoms with Crippen molar-refractivity contribution in [1.29, 1.82) is 0 Å². The van der Waals surface area contributed by atoms with Crippen molar-refractivity contribution < 1.29 is 14.0 Å². The number of nitrogens with one attached hydrogen (secondary N) is 1. The molecule has 1 fully saturated rings. The lowest BCUT2D eigenvalue weighted by atomic mass is 10.0. The summed E-state index contributed by atoms with van der Waals surface area (Å²) in [5.41, 5.74) is 2.05. The summed E-state index contributed by atoms with van der Waals surface area (Å²) < 4.78 is 5.37. The van der Waals surface area contributed by atoms with Crippen LogP contribution in [0.1, 0.15) is 39.3 Å². The monoisotopic (exact) mass is 485 g/mol. The molecule has 0 aliphatic carbocycles. The molecule has 0 saturated carbocycles. The van der Waals surface area contributed by atoms with Crippen LogP contribution >= 0.6 is 23.2 Å². The number of halogens is 2. The van der Waals surface area contributed by atoms with E-state index < -0.39 is 0 Å². The van der Waals surface area contributed by atoms with Gasteiger partial charge in [-0.25, -0.2) is 0 Å². The third kappa shape index (κ3) is 5.52. The first-order valence-corrected chi connectivity index (χ1v) is 11.6. The second kappa shape index (κ2) is 10.3. The first-order chi connectivity index (χ1) is 15.9. The Morgan fingerprint density at radius 1 is 1.06 bits per heavy atom. The van der Waals surface area contributed by atoms with E-state index in [4.69, 9.17) is 27.6 Å². The summed E-state index contributed by atoms with van der Waals surface area (Å²) in [4.78, 5) is 29.6. The van der Waals surface area contributed by atoms with Crippen LogP contribution in [0.4, 0.5) is 5.69 Å². The zero-order chi connectivity index (χ0) is 23.4. The molecule has 1 aromatic heterocycles. The molecule has 172 valence electrons. The Morgan fingerprint density at radius 2 is 1.82 bits per heavy atom. The van der Waals surface area contributed by atoms with Gasteiger partial charge in [-0.1, -0.05) is 35.3 Å². The molecule has 0 spiro atoms. The number of carbonyl (C=O) groups is 2. The van der Waals surface area contributed by atoms with Crippen LogP contribution in [-0.2, 0) is 6.54 Å². The maximum atomic E-state index is 13.1. The third-order valence-corrected chi connectivity index (χ3v) is 6.55. The molecule has 1 aliphatic heterocycles. The summed E-state index contributed by atoms with van der Waals surface area (Å²) in [6.07, 6.45) is 3.15. The highest BCUT2D eigenvalue weighted by atomic mass is 35.5. The first-order valence-electron chi connectivity index (χ1n) is 10.8. The van der Waals surface area contributed by atoms with Crippen molar-refractivity contribution in [2.75, 3.05) is 25.0 Å². The molecule has 0 atom stereocenters. The summed E-state index contributed by atoms with van der Waals surface area (Å²) in [5, 5.41) is 3.86. The second-order valence-electron chi connectivity index (χ2n) is 8.12. The van der Waals surface area contributed by atoms with Crippen molar-refractivity contribution in [3.05, 3.63) is 87.8 Å². The molecule has 0 bridgehead atoms. The molecule has 2 amide bonds. The van der Waals surface area contributed by atoms with Crippen LogP contribution in [0.2, 0.25) is 10.0 Å². The van der Waals surface area contributed by atoms with E-state index in [1.807, 2.05) is 36.4 Å². The molecule has 1 N–H and O–H groups in total. The summed E-state index contributed by atoms with van der Waals surface area (Å²) >= 11 is 12.0. The molecule has 1 saturated heterocycles. The van der Waals surface area contributed by atoms with Gasteiger partial charge in [0.05, 0.1) is 28.4 Å². The normalized spacial score (nSPS) is 14.2. The number of benzene rings is 2. The molecule has 6 nitrogen and oxygen atoms in total. The van der Waals surface area contributed by atoms with Crippen LogP contribution in [0.5, 0.6) is 0 Å². The van der Waals surface area contributed by atoms with E-state index in [9.17, 15) is 9.59 Å². The predicted molar refractivity (Wildman–Crippen MR) is 130 cm³/mol. The number of rotatable bonds is 6. The average Bonchev–Trinajstić information content (AvgIpc) is 3.34. The Hall–Kier alpha value is -2.96. The van der Waals surface area contributed by atoms with Gasteiger partial charge in [-0.05, 0) is 55.3 Å². The Bertz CT molecular complexity index is 1130. The van der Waals surface area contributed by atoms with Gasteiger partial charge in [0.1, 0.15) is 5.76 Å². The minimum absolute atomic E-state index is 0.0488. The van der Waals surface area contributed by atoms with Crippen molar-refractivity contribution in [3.8, 4) is 0 Å². The lowest BCUT2D eigenvalue weighted by molar-refractivity contribution is 0.0776. The fourth-order valence-corrected chi connectivity index (χ4v) is 4.31. The van der Waals surface area contributed by atoms with E-state index in [-0.39, 0.29) is 17.9 Å². The largest absolute Gasteiger partial charge is 0.467 e. The zero-order valence-corrected chi connectivity index (χ0v) is 19.8. The van der Waals surface area contributed by atoms with Gasteiger partial charge in [0.15, 0.2) is 0 Å². The van der Waals surface area contributed by atoms with Gasteiger partial charge in [-0.2, -0.15) is 0 Å². The number of carbonyl (C=O) groups excluding carboxylic acids is 2. The summed E-state index contributed by atoms with van der Waals surface area (Å²) in [5.74, 6) is 0.515. The van der Waals surface area contributed by atoms with E-state index in [1.54, 1.807) is 36.4 Å². The van der Waals surface area contributed by atoms with Gasteiger partial charge in [-0.3, -0.25) is 9.59 Å². The minimum atomic E-state index is -0.165. The van der Waals surface area contributed by atoms with Crippen molar-refractivity contribution in [3.63, 3.8) is 0 Å². The summed E-state index contributed by atoms with van der Waals surface area (Å²) in [7, 11) is 1.77. The number of hydrogen-bond donors (Lipinski definition) is 1. The average molecular weight is 486 g/mol. The Morgan fingerprint density at radius 3 is 2.52 bits per heavy atom. The number of para-hydroxylation sites is 1. The van der Waals surface area contributed by atoms with E-state index in [1.165, 1.54) is 0 Å². The molecular weight excluding hydrogens is 461 g/mol. The van der Waals surface area contributed by atoms with E-state index in [2.05, 4.69) is 10.2 Å². The van der Waals surface area contributed by atoms with Crippen molar-refractivity contribution in [1.82, 2.24) is 10.2 Å². The Kier molecular flexibility index (Phi) is 7.26. The van der Waals surface area contributed by atoms with Crippen molar-refractivity contribution in [2.24, 2.45) is 0 Å². The standard InChI is InChI=1S/C25H25Cl2N3O3/c1-29(16-19-5-4-14-33-19)25(32)20-6-2-3-7-23(20)30-12-10-18(11-13-30)28-24(31)17-8-9-21(26)22(27)15-17/h2-9,14-15,18H,10-13,16H2,1H3,(H,28,31). The fraction of sp³-hybridized carbons (Fsp3) is 0.280. The van der Waals surface area contributed by atoms with Crippen LogP contribution in [-0.4, -0.2) is 42.9 Å². The molecule has 3 aromatic rings. The van der Waals surface area contributed by atoms with Crippen LogP contribution < -0.4 is 10.2 Å². The van der Waals surface area contributed by atoms with Gasteiger partial charge in [0, 0.05) is 37.4 Å². The molecule has 1 aliphatic rings. The quantitative estimate of drug-likeness (QED) is 0.517. The summed E-state index contributed by atoms with van der Waals surface area (Å²) in [6.45, 7) is 1.88. The van der Waals surface area contributed by atoms with Crippen LogP contribution in [0.3, 0.4) is 0 Å². The number of piperidine rings is 1. The number of anilines is 1. The Labute approximate surface area is 203 Å². The second-order valence-corrected chi connectivity index (χ2v) is 8.94. The number of nitrogens with zero attached hydrogens (tertiary/aromatic N) is 2. The number of furan rings is 1. The molecule has 2 heterocycles.